The van der Waals surface area contributed by atoms with Crippen LogP contribution < -0.4 is 10.5 Å². The molecule has 174 valence electrons. The molecule has 0 saturated carbocycles. The van der Waals surface area contributed by atoms with Gasteiger partial charge in [-0.25, -0.2) is 0 Å². The zero-order valence-electron chi connectivity index (χ0n) is 18.8. The van der Waals surface area contributed by atoms with E-state index in [2.05, 4.69) is 26.0 Å². The maximum absolute atomic E-state index is 12.0. The predicted octanol–water partition coefficient (Wildman–Crippen LogP) is 4.58. The van der Waals surface area contributed by atoms with Crippen molar-refractivity contribution >= 4 is 33.3 Å². The smallest absolute Gasteiger partial charge is 0.234 e. The monoisotopic (exact) mass is 520 g/mol. The Morgan fingerprint density at radius 1 is 1.12 bits per heavy atom. The molecule has 9 heteroatoms. The fourth-order valence-electron chi connectivity index (χ4n) is 4.19. The van der Waals surface area contributed by atoms with Crippen LogP contribution in [0.5, 0.6) is 5.88 Å². The van der Waals surface area contributed by atoms with Crippen molar-refractivity contribution in [1.29, 1.82) is 0 Å². The molecule has 5 rings (SSSR count). The second-order valence-electron chi connectivity index (χ2n) is 8.26. The van der Waals surface area contributed by atoms with Crippen molar-refractivity contribution in [1.82, 2.24) is 24.5 Å². The van der Waals surface area contributed by atoms with Crippen molar-refractivity contribution in [3.63, 3.8) is 0 Å². The van der Waals surface area contributed by atoms with Gasteiger partial charge in [0.1, 0.15) is 16.4 Å². The van der Waals surface area contributed by atoms with Gasteiger partial charge in [0.25, 0.3) is 0 Å². The summed E-state index contributed by atoms with van der Waals surface area (Å²) >= 11 is 3.53. The van der Waals surface area contributed by atoms with E-state index in [1.54, 1.807) is 10.7 Å². The lowest BCUT2D eigenvalue weighted by Gasteiger charge is -2.32. The largest absolute Gasteiger partial charge is 0.473 e. The number of piperidine rings is 1. The number of carbonyl (C=O) groups is 1. The van der Waals surface area contributed by atoms with Crippen LogP contribution in [0.2, 0.25) is 0 Å². The first-order valence-electron chi connectivity index (χ1n) is 11.3. The van der Waals surface area contributed by atoms with E-state index in [-0.39, 0.29) is 12.0 Å². The molecule has 8 nitrogen and oxygen atoms in total. The summed E-state index contributed by atoms with van der Waals surface area (Å²) in [6, 6.07) is 14.0. The normalized spacial score (nSPS) is 14.5. The van der Waals surface area contributed by atoms with Crippen molar-refractivity contribution in [2.24, 2.45) is 0 Å². The number of likely N-dealkylation sites (tertiary alicyclic amines) is 1. The van der Waals surface area contributed by atoms with Crippen LogP contribution in [0.25, 0.3) is 28.0 Å². The fourth-order valence-corrected chi connectivity index (χ4v) is 4.54. The van der Waals surface area contributed by atoms with Crippen LogP contribution in [-0.4, -0.2) is 49.6 Å². The van der Waals surface area contributed by atoms with Crippen molar-refractivity contribution in [2.45, 2.75) is 32.3 Å². The Morgan fingerprint density at radius 3 is 2.56 bits per heavy atom. The van der Waals surface area contributed by atoms with E-state index in [9.17, 15) is 4.79 Å². The second kappa shape index (κ2) is 9.42. The molecule has 1 fully saturated rings. The molecule has 1 amide bonds. The van der Waals surface area contributed by atoms with Gasteiger partial charge in [-0.3, -0.25) is 9.78 Å². The lowest BCUT2D eigenvalue weighted by atomic mass is 10.1. The summed E-state index contributed by atoms with van der Waals surface area (Å²) in [5, 5.41) is 4.43. The Balaban J connectivity index is 1.41. The summed E-state index contributed by atoms with van der Waals surface area (Å²) in [6.07, 6.45) is 5.55. The lowest BCUT2D eigenvalue weighted by Crippen LogP contribution is -2.41. The second-order valence-corrected chi connectivity index (χ2v) is 9.05. The molecular formula is C25H25BrN6O2. The first kappa shape index (κ1) is 22.3. The maximum Gasteiger partial charge on any atom is 0.234 e. The van der Waals surface area contributed by atoms with Crippen LogP contribution in [-0.2, 0) is 4.79 Å². The molecule has 4 aromatic rings. The fraction of sp³-hybridized carbons (Fsp3) is 0.280. The van der Waals surface area contributed by atoms with Gasteiger partial charge in [0.15, 0.2) is 5.65 Å². The van der Waals surface area contributed by atoms with Crippen LogP contribution in [0.3, 0.4) is 0 Å². The zero-order valence-corrected chi connectivity index (χ0v) is 20.4. The van der Waals surface area contributed by atoms with E-state index < -0.39 is 0 Å². The molecule has 0 atom stereocenters. The van der Waals surface area contributed by atoms with Gasteiger partial charge in [-0.15, -0.1) is 0 Å². The Bertz CT molecular complexity index is 1320. The summed E-state index contributed by atoms with van der Waals surface area (Å²) in [6.45, 7) is 3.26. The molecule has 1 saturated heterocycles. The number of amides is 1. The zero-order chi connectivity index (χ0) is 23.7. The number of rotatable bonds is 5. The number of nitrogens with two attached hydrogens (primary N) is 1. The van der Waals surface area contributed by atoms with Gasteiger partial charge in [-0.05, 0) is 22.0 Å². The molecular weight excluding hydrogens is 496 g/mol. The Kier molecular flexibility index (Phi) is 6.19. The average molecular weight is 521 g/mol. The molecule has 2 N–H and O–H groups in total. The molecule has 34 heavy (non-hydrogen) atoms. The van der Waals surface area contributed by atoms with Crippen molar-refractivity contribution < 1.29 is 9.53 Å². The Morgan fingerprint density at radius 2 is 1.88 bits per heavy atom. The number of carbonyl (C=O) groups excluding carboxylic acids is 1. The summed E-state index contributed by atoms with van der Waals surface area (Å²) in [5.41, 5.74) is 10.6. The topological polar surface area (TPSA) is 98.6 Å². The van der Waals surface area contributed by atoms with E-state index >= 15 is 0 Å². The molecule has 0 unspecified atom stereocenters. The van der Waals surface area contributed by atoms with Gasteiger partial charge < -0.3 is 15.4 Å². The molecule has 0 bridgehead atoms. The van der Waals surface area contributed by atoms with Crippen LogP contribution in [0.15, 0.2) is 59.3 Å². The number of aromatic nitrogens is 4. The van der Waals surface area contributed by atoms with E-state index in [1.807, 2.05) is 60.5 Å². The minimum absolute atomic E-state index is 0.0373. The predicted molar refractivity (Wildman–Crippen MR) is 134 cm³/mol. The standard InChI is InChI=1S/C25H25BrN6O2/c1-2-21(33)31-12-10-18(11-13-31)34-25-22(26)23(27)32-24(30-25)19(15-29-32)17-8-9-20(28-14-17)16-6-4-3-5-7-16/h3-9,14-15,18H,2,10-13,27H2,1H3. The van der Waals surface area contributed by atoms with E-state index in [0.29, 0.717) is 41.3 Å². The highest BCUT2D eigenvalue weighted by Crippen LogP contribution is 2.35. The van der Waals surface area contributed by atoms with Gasteiger partial charge in [0.05, 0.1) is 11.9 Å². The summed E-state index contributed by atoms with van der Waals surface area (Å²) in [7, 11) is 0. The van der Waals surface area contributed by atoms with Gasteiger partial charge in [0, 0.05) is 55.2 Å². The van der Waals surface area contributed by atoms with E-state index in [1.165, 1.54) is 0 Å². The average Bonchev–Trinajstić information content (AvgIpc) is 3.31. The number of halogens is 1. The number of nitrogens with zero attached hydrogens (tertiary/aromatic N) is 5. The minimum atomic E-state index is -0.0373. The number of anilines is 1. The highest BCUT2D eigenvalue weighted by molar-refractivity contribution is 9.10. The summed E-state index contributed by atoms with van der Waals surface area (Å²) < 4.78 is 8.41. The van der Waals surface area contributed by atoms with Gasteiger partial charge in [0.2, 0.25) is 11.8 Å². The molecule has 0 radical (unpaired) electrons. The molecule has 1 aromatic carbocycles. The molecule has 0 spiro atoms. The van der Waals surface area contributed by atoms with E-state index in [4.69, 9.17) is 15.5 Å². The summed E-state index contributed by atoms with van der Waals surface area (Å²) in [4.78, 5) is 23.2. The third-order valence-electron chi connectivity index (χ3n) is 6.11. The number of nitrogen functional groups attached to an aromatic ring is 1. The number of hydrogen-bond donors (Lipinski definition) is 1. The van der Waals surface area contributed by atoms with Crippen LogP contribution in [0, 0.1) is 0 Å². The molecule has 4 heterocycles. The van der Waals surface area contributed by atoms with Crippen molar-refractivity contribution in [3.05, 3.63) is 59.3 Å². The third-order valence-corrected chi connectivity index (χ3v) is 6.86. The quantitative estimate of drug-likeness (QED) is 0.413. The van der Waals surface area contributed by atoms with Gasteiger partial charge in [-0.1, -0.05) is 43.3 Å². The lowest BCUT2D eigenvalue weighted by molar-refractivity contribution is -0.132. The summed E-state index contributed by atoms with van der Waals surface area (Å²) in [5.74, 6) is 1.03. The minimum Gasteiger partial charge on any atom is -0.473 e. The first-order chi connectivity index (χ1) is 16.5. The van der Waals surface area contributed by atoms with E-state index in [0.717, 1.165) is 35.2 Å². The Hall–Kier alpha value is -3.46. The van der Waals surface area contributed by atoms with Gasteiger partial charge >= 0.3 is 0 Å². The molecule has 1 aliphatic heterocycles. The third kappa shape index (κ3) is 4.23. The molecule has 0 aliphatic carbocycles. The van der Waals surface area contributed by atoms with Crippen LogP contribution >= 0.6 is 15.9 Å². The van der Waals surface area contributed by atoms with Gasteiger partial charge in [-0.2, -0.15) is 14.6 Å². The highest BCUT2D eigenvalue weighted by atomic mass is 79.9. The molecule has 3 aromatic heterocycles. The number of ether oxygens (including phenoxy) is 1. The number of pyridine rings is 1. The SMILES string of the molecule is CCC(=O)N1CCC(Oc2nc3c(-c4ccc(-c5ccccc5)nc4)cnn3c(N)c2Br)CC1. The first-order valence-corrected chi connectivity index (χ1v) is 12.1. The number of fused-ring (bicyclic) bond motifs is 1. The molecule has 1 aliphatic rings. The highest BCUT2D eigenvalue weighted by Gasteiger charge is 2.25. The Labute approximate surface area is 205 Å². The van der Waals surface area contributed by atoms with Crippen molar-refractivity contribution in [3.8, 4) is 28.3 Å². The van der Waals surface area contributed by atoms with Crippen LogP contribution in [0.1, 0.15) is 26.2 Å². The number of hydrogen-bond acceptors (Lipinski definition) is 6. The number of benzene rings is 1. The van der Waals surface area contributed by atoms with Crippen molar-refractivity contribution in [2.75, 3.05) is 18.8 Å². The van der Waals surface area contributed by atoms with Crippen LogP contribution in [0.4, 0.5) is 5.82 Å². The maximum atomic E-state index is 12.0.